The Morgan fingerprint density at radius 2 is 1.53 bits per heavy atom. The first-order valence-electron chi connectivity index (χ1n) is 12.5. The van der Waals surface area contributed by atoms with E-state index in [0.717, 1.165) is 18.0 Å². The van der Waals surface area contributed by atoms with E-state index in [0.29, 0.717) is 22.2 Å². The number of H-pyrrole nitrogens is 1. The zero-order valence-corrected chi connectivity index (χ0v) is 22.3. The Kier molecular flexibility index (Phi) is 7.22. The Bertz CT molecular complexity index is 1170. The second-order valence-electron chi connectivity index (χ2n) is 10.4. The molecule has 1 aromatic carbocycles. The van der Waals surface area contributed by atoms with Crippen molar-refractivity contribution in [1.29, 1.82) is 0 Å². The van der Waals surface area contributed by atoms with Gasteiger partial charge in [-0.05, 0) is 51.5 Å². The van der Waals surface area contributed by atoms with Crippen LogP contribution < -0.4 is 5.32 Å². The number of fused-ring (bicyclic) bond motifs is 1. The second-order valence-corrected chi connectivity index (χ2v) is 16.4. The number of nitrogens with one attached hydrogen (secondary N) is 2. The topological polar surface area (TPSA) is 53.6 Å². The van der Waals surface area contributed by atoms with Gasteiger partial charge >= 0.3 is 0 Å². The first-order valence-corrected chi connectivity index (χ1v) is 14.8. The Balaban J connectivity index is 1.78. The average Bonchev–Trinajstić information content (AvgIpc) is 3.25. The lowest BCUT2D eigenvalue weighted by molar-refractivity contribution is 0.767. The fourth-order valence-electron chi connectivity index (χ4n) is 6.42. The third-order valence-corrected chi connectivity index (χ3v) is 15.4. The summed E-state index contributed by atoms with van der Waals surface area (Å²) in [5.74, 6) is 0.915. The lowest BCUT2D eigenvalue weighted by Crippen LogP contribution is -2.51. The maximum Gasteiger partial charge on any atom is 0.137 e. The summed E-state index contributed by atoms with van der Waals surface area (Å²) in [4.78, 5) is 12.9. The van der Waals surface area contributed by atoms with Gasteiger partial charge in [0.25, 0.3) is 0 Å². The Morgan fingerprint density at radius 3 is 2.15 bits per heavy atom. The van der Waals surface area contributed by atoms with Crippen LogP contribution in [0.2, 0.25) is 16.6 Å². The quantitative estimate of drug-likeness (QED) is 0.244. The molecule has 1 atom stereocenters. The van der Waals surface area contributed by atoms with Crippen molar-refractivity contribution < 1.29 is 0 Å². The summed E-state index contributed by atoms with van der Waals surface area (Å²) in [5, 5.41) is 4.72. The minimum absolute atomic E-state index is 0.334. The van der Waals surface area contributed by atoms with Crippen LogP contribution in [0.4, 0.5) is 5.82 Å². The molecule has 0 aliphatic heterocycles. The normalized spacial score (nSPS) is 13.2. The van der Waals surface area contributed by atoms with Gasteiger partial charge in [0.05, 0.1) is 8.07 Å². The Morgan fingerprint density at radius 1 is 0.824 bits per heavy atom. The molecule has 34 heavy (non-hydrogen) atoms. The predicted octanol–water partition coefficient (Wildman–Crippen LogP) is 7.92. The number of pyridine rings is 2. The molecule has 5 heteroatoms. The molecule has 0 saturated carbocycles. The monoisotopic (exact) mass is 470 g/mol. The van der Waals surface area contributed by atoms with E-state index in [9.17, 15) is 0 Å². The zero-order chi connectivity index (χ0) is 24.3. The summed E-state index contributed by atoms with van der Waals surface area (Å²) in [7, 11) is -1.92. The van der Waals surface area contributed by atoms with Gasteiger partial charge in [-0.25, -0.2) is 9.97 Å². The van der Waals surface area contributed by atoms with Crippen LogP contribution in [0.5, 0.6) is 0 Å². The number of benzene rings is 1. The van der Waals surface area contributed by atoms with E-state index >= 15 is 0 Å². The van der Waals surface area contributed by atoms with E-state index in [1.54, 1.807) is 0 Å². The van der Waals surface area contributed by atoms with Crippen LogP contribution in [0, 0.1) is 0 Å². The molecule has 178 valence electrons. The molecule has 0 aliphatic rings. The number of hydrogen-bond acceptors (Lipinski definition) is 3. The highest BCUT2D eigenvalue weighted by Gasteiger charge is 2.50. The second kappa shape index (κ2) is 10.1. The fraction of sp³-hybridized carbons (Fsp3) is 0.379. The number of hydrogen-bond donors (Lipinski definition) is 2. The Labute approximate surface area is 205 Å². The number of rotatable bonds is 9. The van der Waals surface area contributed by atoms with Gasteiger partial charge in [-0.3, -0.25) is 0 Å². The van der Waals surface area contributed by atoms with Gasteiger partial charge in [-0.2, -0.15) is 0 Å². The molecular weight excluding hydrogens is 432 g/mol. The SMILES string of the molecule is CC(C)[Si](C(C)C)(C(C)C)C(c1ccc(NCc2ccccc2)nc1)c1c[nH]c2ncccc12. The molecule has 0 aliphatic carbocycles. The molecule has 3 heterocycles. The smallest absolute Gasteiger partial charge is 0.137 e. The van der Waals surface area contributed by atoms with Crippen molar-refractivity contribution in [2.24, 2.45) is 0 Å². The molecule has 0 saturated heterocycles. The summed E-state index contributed by atoms with van der Waals surface area (Å²) >= 11 is 0. The van der Waals surface area contributed by atoms with Gasteiger partial charge in [0.2, 0.25) is 0 Å². The van der Waals surface area contributed by atoms with Crippen LogP contribution in [-0.4, -0.2) is 23.0 Å². The van der Waals surface area contributed by atoms with Gasteiger partial charge in [0.15, 0.2) is 0 Å². The highest BCUT2D eigenvalue weighted by atomic mass is 28.3. The van der Waals surface area contributed by atoms with E-state index in [4.69, 9.17) is 4.98 Å². The third kappa shape index (κ3) is 4.41. The molecular formula is C29H38N4Si. The van der Waals surface area contributed by atoms with Crippen LogP contribution in [0.15, 0.2) is 73.2 Å². The summed E-state index contributed by atoms with van der Waals surface area (Å²) in [6, 6.07) is 19.2. The van der Waals surface area contributed by atoms with E-state index in [1.807, 2.05) is 12.3 Å². The number of aromatic amines is 1. The largest absolute Gasteiger partial charge is 0.366 e. The van der Waals surface area contributed by atoms with Crippen LogP contribution in [0.3, 0.4) is 0 Å². The van der Waals surface area contributed by atoms with Crippen LogP contribution >= 0.6 is 0 Å². The molecule has 3 aromatic heterocycles. The van der Waals surface area contributed by atoms with Gasteiger partial charge < -0.3 is 10.3 Å². The number of nitrogens with zero attached hydrogens (tertiary/aromatic N) is 2. The van der Waals surface area contributed by atoms with Crippen molar-refractivity contribution in [1.82, 2.24) is 15.0 Å². The van der Waals surface area contributed by atoms with Crippen LogP contribution in [0.1, 0.15) is 63.8 Å². The molecule has 4 rings (SSSR count). The van der Waals surface area contributed by atoms with Crippen molar-refractivity contribution in [3.05, 3.63) is 89.9 Å². The molecule has 0 spiro atoms. The predicted molar refractivity (Wildman–Crippen MR) is 147 cm³/mol. The van der Waals surface area contributed by atoms with E-state index < -0.39 is 8.07 Å². The summed E-state index contributed by atoms with van der Waals surface area (Å²) in [6.07, 6.45) is 6.19. The average molecular weight is 471 g/mol. The van der Waals surface area contributed by atoms with Crippen molar-refractivity contribution >= 4 is 24.9 Å². The van der Waals surface area contributed by atoms with Crippen molar-refractivity contribution in [3.63, 3.8) is 0 Å². The molecule has 0 bridgehead atoms. The lowest BCUT2D eigenvalue weighted by atomic mass is 10.1. The third-order valence-electron chi connectivity index (χ3n) is 7.73. The zero-order valence-electron chi connectivity index (χ0n) is 21.3. The molecule has 0 amide bonds. The number of aromatic nitrogens is 3. The fourth-order valence-corrected chi connectivity index (χ4v) is 13.9. The Hall–Kier alpha value is -2.92. The maximum absolute atomic E-state index is 4.88. The highest BCUT2D eigenvalue weighted by molar-refractivity contribution is 6.85. The molecule has 0 fully saturated rings. The van der Waals surface area contributed by atoms with Gasteiger partial charge in [-0.15, -0.1) is 0 Å². The van der Waals surface area contributed by atoms with E-state index in [2.05, 4.69) is 118 Å². The van der Waals surface area contributed by atoms with Gasteiger partial charge in [0.1, 0.15) is 11.5 Å². The summed E-state index contributed by atoms with van der Waals surface area (Å²) in [5.41, 5.74) is 7.11. The van der Waals surface area contributed by atoms with Crippen molar-refractivity contribution in [2.45, 2.75) is 70.3 Å². The first-order chi connectivity index (χ1) is 16.4. The van der Waals surface area contributed by atoms with Gasteiger partial charge in [0, 0.05) is 36.1 Å². The maximum atomic E-state index is 4.88. The lowest BCUT2D eigenvalue weighted by Gasteiger charge is -2.49. The van der Waals surface area contributed by atoms with E-state index in [1.165, 1.54) is 22.1 Å². The molecule has 1 unspecified atom stereocenters. The summed E-state index contributed by atoms with van der Waals surface area (Å²) < 4.78 is 0. The van der Waals surface area contributed by atoms with Crippen LogP contribution in [-0.2, 0) is 6.54 Å². The first kappa shape index (κ1) is 24.2. The minimum atomic E-state index is -1.92. The van der Waals surface area contributed by atoms with Gasteiger partial charge in [-0.1, -0.05) is 77.9 Å². The van der Waals surface area contributed by atoms with E-state index in [-0.39, 0.29) is 0 Å². The molecule has 2 N–H and O–H groups in total. The van der Waals surface area contributed by atoms with Crippen molar-refractivity contribution in [3.8, 4) is 0 Å². The van der Waals surface area contributed by atoms with Crippen molar-refractivity contribution in [2.75, 3.05) is 5.32 Å². The minimum Gasteiger partial charge on any atom is -0.366 e. The standard InChI is InChI=1S/C29H38N4Si/c1-20(2)34(21(3)4,22(5)6)28(26-19-33-29-25(26)13-10-16-30-29)24-14-15-27(32-18-24)31-17-23-11-8-7-9-12-23/h7-16,18-22,28H,17H2,1-6H3,(H,30,33)(H,31,32). The highest BCUT2D eigenvalue weighted by Crippen LogP contribution is 2.53. The molecule has 4 nitrogen and oxygen atoms in total. The van der Waals surface area contributed by atoms with Crippen LogP contribution in [0.25, 0.3) is 11.0 Å². The number of anilines is 1. The summed E-state index contributed by atoms with van der Waals surface area (Å²) in [6.45, 7) is 15.4. The molecule has 4 aromatic rings. The molecule has 0 radical (unpaired) electrons.